The van der Waals surface area contributed by atoms with Crippen LogP contribution >= 0.6 is 11.8 Å². The van der Waals surface area contributed by atoms with E-state index >= 15 is 0 Å². The van der Waals surface area contributed by atoms with Gasteiger partial charge in [0, 0.05) is 29.7 Å². The summed E-state index contributed by atoms with van der Waals surface area (Å²) in [6.07, 6.45) is 6.15. The lowest BCUT2D eigenvalue weighted by molar-refractivity contribution is 0.745. The minimum Gasteiger partial charge on any atom is -0.398 e. The average Bonchev–Trinajstić information content (AvgIpc) is 2.58. The van der Waals surface area contributed by atoms with Crippen LogP contribution < -0.4 is 10.6 Å². The summed E-state index contributed by atoms with van der Waals surface area (Å²) in [5, 5.41) is 0.836. The van der Waals surface area contributed by atoms with E-state index < -0.39 is 0 Å². The van der Waals surface area contributed by atoms with Gasteiger partial charge in [0.05, 0.1) is 0 Å². The molecule has 0 bridgehead atoms. The second-order valence-electron chi connectivity index (χ2n) is 4.82. The fourth-order valence-corrected chi connectivity index (χ4v) is 3.13. The van der Waals surface area contributed by atoms with Gasteiger partial charge < -0.3 is 10.6 Å². The van der Waals surface area contributed by atoms with Gasteiger partial charge in [-0.15, -0.1) is 0 Å². The summed E-state index contributed by atoms with van der Waals surface area (Å²) >= 11 is 2.01. The molecule has 3 heteroatoms. The van der Waals surface area contributed by atoms with Crippen LogP contribution in [0.4, 0.5) is 11.4 Å². The van der Waals surface area contributed by atoms with Gasteiger partial charge in [-0.1, -0.05) is 6.07 Å². The van der Waals surface area contributed by atoms with Gasteiger partial charge in [0.15, 0.2) is 0 Å². The lowest BCUT2D eigenvalue weighted by atomic mass is 10.1. The highest BCUT2D eigenvalue weighted by molar-refractivity contribution is 7.99. The van der Waals surface area contributed by atoms with Crippen LogP contribution in [0.25, 0.3) is 0 Å². The number of hydrogen-bond acceptors (Lipinski definition) is 3. The molecule has 2 N–H and O–H groups in total. The number of thioether (sulfide) groups is 1. The van der Waals surface area contributed by atoms with Crippen molar-refractivity contribution in [2.24, 2.45) is 0 Å². The number of hydrogen-bond donors (Lipinski definition) is 1. The number of nitrogen functional groups attached to an aromatic ring is 1. The van der Waals surface area contributed by atoms with Crippen molar-refractivity contribution in [3.8, 4) is 0 Å². The number of rotatable bonds is 2. The van der Waals surface area contributed by atoms with Crippen molar-refractivity contribution in [2.45, 2.75) is 31.4 Å². The van der Waals surface area contributed by atoms with Crippen molar-refractivity contribution in [3.05, 3.63) is 23.8 Å². The Bertz CT molecular complexity index is 378. The monoisotopic (exact) mass is 250 g/mol. The number of aryl methyl sites for hydroxylation is 1. The number of nitrogens with two attached hydrogens (primary N) is 1. The summed E-state index contributed by atoms with van der Waals surface area (Å²) in [5.74, 6) is 0. The second-order valence-corrected chi connectivity index (χ2v) is 5.95. The summed E-state index contributed by atoms with van der Waals surface area (Å²) in [4.78, 5) is 2.48. The minimum absolute atomic E-state index is 0.836. The fourth-order valence-electron chi connectivity index (χ4n) is 2.38. The fraction of sp³-hybridized carbons (Fsp3) is 0.571. The largest absolute Gasteiger partial charge is 0.398 e. The summed E-state index contributed by atoms with van der Waals surface area (Å²) in [6, 6.07) is 6.45. The molecule has 0 aromatic heterocycles. The van der Waals surface area contributed by atoms with E-state index in [0.717, 1.165) is 17.5 Å². The van der Waals surface area contributed by atoms with Crippen molar-refractivity contribution < 1.29 is 0 Å². The molecule has 1 saturated heterocycles. The van der Waals surface area contributed by atoms with Crippen molar-refractivity contribution >= 4 is 23.1 Å². The van der Waals surface area contributed by atoms with Gasteiger partial charge in [-0.05, 0) is 50.1 Å². The molecule has 0 radical (unpaired) electrons. The van der Waals surface area contributed by atoms with Crippen LogP contribution in [0.15, 0.2) is 18.2 Å². The molecular weight excluding hydrogens is 228 g/mol. The van der Waals surface area contributed by atoms with E-state index in [4.69, 9.17) is 5.73 Å². The normalized spacial score (nSPS) is 21.3. The van der Waals surface area contributed by atoms with Crippen LogP contribution in [-0.2, 0) is 0 Å². The summed E-state index contributed by atoms with van der Waals surface area (Å²) in [7, 11) is 0. The third kappa shape index (κ3) is 3.09. The SMILES string of the molecule is CSC1CCCN(c2ccc(C)c(N)c2)CC1. The Morgan fingerprint density at radius 1 is 1.29 bits per heavy atom. The number of nitrogens with zero attached hydrogens (tertiary/aromatic N) is 1. The molecule has 1 atom stereocenters. The number of benzene rings is 1. The van der Waals surface area contributed by atoms with E-state index in [0.29, 0.717) is 0 Å². The van der Waals surface area contributed by atoms with Crippen LogP contribution in [0.2, 0.25) is 0 Å². The van der Waals surface area contributed by atoms with Crippen molar-refractivity contribution in [3.63, 3.8) is 0 Å². The van der Waals surface area contributed by atoms with E-state index in [-0.39, 0.29) is 0 Å². The summed E-state index contributed by atoms with van der Waals surface area (Å²) < 4.78 is 0. The molecule has 2 nitrogen and oxygen atoms in total. The first-order valence-corrected chi connectivity index (χ1v) is 7.63. The topological polar surface area (TPSA) is 29.3 Å². The van der Waals surface area contributed by atoms with Gasteiger partial charge in [-0.3, -0.25) is 0 Å². The van der Waals surface area contributed by atoms with Gasteiger partial charge in [0.25, 0.3) is 0 Å². The molecule has 94 valence electrons. The Labute approximate surface area is 109 Å². The highest BCUT2D eigenvalue weighted by atomic mass is 32.2. The Hall–Kier alpha value is -0.830. The van der Waals surface area contributed by atoms with Gasteiger partial charge in [0.1, 0.15) is 0 Å². The molecule has 1 aromatic rings. The van der Waals surface area contributed by atoms with Crippen LogP contribution in [-0.4, -0.2) is 24.6 Å². The minimum atomic E-state index is 0.836. The molecule has 0 saturated carbocycles. The molecule has 2 rings (SSSR count). The third-order valence-corrected chi connectivity index (χ3v) is 4.77. The maximum Gasteiger partial charge on any atom is 0.0387 e. The molecule has 1 aromatic carbocycles. The molecule has 0 amide bonds. The van der Waals surface area contributed by atoms with Crippen LogP contribution in [0.1, 0.15) is 24.8 Å². The van der Waals surface area contributed by atoms with E-state index in [1.165, 1.54) is 37.1 Å². The molecule has 1 unspecified atom stereocenters. The predicted octanol–water partition coefficient (Wildman–Crippen LogP) is 3.30. The smallest absolute Gasteiger partial charge is 0.0387 e. The van der Waals surface area contributed by atoms with Gasteiger partial charge >= 0.3 is 0 Å². The lowest BCUT2D eigenvalue weighted by Crippen LogP contribution is -2.24. The standard InChI is InChI=1S/C14H22N2S/c1-11-5-6-12(10-14(11)15)16-8-3-4-13(17-2)7-9-16/h5-6,10,13H,3-4,7-9,15H2,1-2H3. The van der Waals surface area contributed by atoms with Gasteiger partial charge in [0.2, 0.25) is 0 Å². The highest BCUT2D eigenvalue weighted by Gasteiger charge is 2.16. The Morgan fingerprint density at radius 3 is 2.82 bits per heavy atom. The first kappa shape index (κ1) is 12.6. The molecule has 1 heterocycles. The Morgan fingerprint density at radius 2 is 2.12 bits per heavy atom. The first-order chi connectivity index (χ1) is 8.20. The molecule has 17 heavy (non-hydrogen) atoms. The predicted molar refractivity (Wildman–Crippen MR) is 79.0 cm³/mol. The zero-order valence-electron chi connectivity index (χ0n) is 10.8. The van der Waals surface area contributed by atoms with Gasteiger partial charge in [-0.25, -0.2) is 0 Å². The Balaban J connectivity index is 2.08. The van der Waals surface area contributed by atoms with E-state index in [1.807, 2.05) is 11.8 Å². The highest BCUT2D eigenvalue weighted by Crippen LogP contribution is 2.26. The molecule has 0 aliphatic carbocycles. The van der Waals surface area contributed by atoms with Crippen molar-refractivity contribution in [1.29, 1.82) is 0 Å². The average molecular weight is 250 g/mol. The van der Waals surface area contributed by atoms with Crippen LogP contribution in [0.3, 0.4) is 0 Å². The number of anilines is 2. The van der Waals surface area contributed by atoms with E-state index in [2.05, 4.69) is 36.3 Å². The van der Waals surface area contributed by atoms with Crippen molar-refractivity contribution in [2.75, 3.05) is 30.0 Å². The third-order valence-electron chi connectivity index (χ3n) is 3.64. The lowest BCUT2D eigenvalue weighted by Gasteiger charge is -2.23. The molecule has 1 fully saturated rings. The zero-order chi connectivity index (χ0) is 12.3. The maximum absolute atomic E-state index is 5.99. The van der Waals surface area contributed by atoms with Crippen LogP contribution in [0, 0.1) is 6.92 Å². The first-order valence-electron chi connectivity index (χ1n) is 6.34. The molecule has 0 spiro atoms. The van der Waals surface area contributed by atoms with Crippen molar-refractivity contribution in [1.82, 2.24) is 0 Å². The summed E-state index contributed by atoms with van der Waals surface area (Å²) in [5.41, 5.74) is 9.36. The quantitative estimate of drug-likeness (QED) is 0.817. The zero-order valence-corrected chi connectivity index (χ0v) is 11.6. The maximum atomic E-state index is 5.99. The molecule has 1 aliphatic heterocycles. The summed E-state index contributed by atoms with van der Waals surface area (Å²) in [6.45, 7) is 4.39. The second kappa shape index (κ2) is 5.67. The van der Waals surface area contributed by atoms with E-state index in [1.54, 1.807) is 0 Å². The van der Waals surface area contributed by atoms with Crippen LogP contribution in [0.5, 0.6) is 0 Å². The molecular formula is C14H22N2S. The molecule has 1 aliphatic rings. The Kier molecular flexibility index (Phi) is 4.21. The van der Waals surface area contributed by atoms with Gasteiger partial charge in [-0.2, -0.15) is 11.8 Å². The van der Waals surface area contributed by atoms with E-state index in [9.17, 15) is 0 Å².